The Morgan fingerprint density at radius 1 is 1.16 bits per heavy atom. The third-order valence-electron chi connectivity index (χ3n) is 5.82. The van der Waals surface area contributed by atoms with Gasteiger partial charge in [-0.3, -0.25) is 9.48 Å². The van der Waals surface area contributed by atoms with Crippen molar-refractivity contribution in [3.05, 3.63) is 77.4 Å². The van der Waals surface area contributed by atoms with Crippen LogP contribution in [-0.4, -0.2) is 20.7 Å². The van der Waals surface area contributed by atoms with E-state index in [4.69, 9.17) is 0 Å². The molecular formula is C25H28N4OS. The molecule has 6 heteroatoms. The molecule has 0 saturated carbocycles. The zero-order valence-electron chi connectivity index (χ0n) is 18.2. The third-order valence-corrected chi connectivity index (χ3v) is 6.50. The first-order valence-corrected chi connectivity index (χ1v) is 11.6. The number of carbonyl (C=O) groups is 1. The van der Waals surface area contributed by atoms with Crippen LogP contribution in [0.15, 0.2) is 66.3 Å². The van der Waals surface area contributed by atoms with E-state index in [9.17, 15) is 4.79 Å². The number of aryl methyl sites for hydroxylation is 1. The monoisotopic (exact) mass is 432 g/mol. The van der Waals surface area contributed by atoms with E-state index in [2.05, 4.69) is 57.3 Å². The topological polar surface area (TPSA) is 59.8 Å². The van der Waals surface area contributed by atoms with Gasteiger partial charge in [-0.1, -0.05) is 63.6 Å². The molecule has 4 aromatic rings. The average molecular weight is 433 g/mol. The molecule has 31 heavy (non-hydrogen) atoms. The van der Waals surface area contributed by atoms with Gasteiger partial charge in [0.1, 0.15) is 0 Å². The number of nitrogens with zero attached hydrogens (tertiary/aromatic N) is 3. The number of nitrogens with one attached hydrogen (secondary N) is 1. The summed E-state index contributed by atoms with van der Waals surface area (Å²) < 4.78 is 2.07. The van der Waals surface area contributed by atoms with Crippen molar-refractivity contribution in [3.8, 4) is 0 Å². The second kappa shape index (κ2) is 9.02. The number of amides is 1. The van der Waals surface area contributed by atoms with Gasteiger partial charge in [0.2, 0.25) is 5.91 Å². The van der Waals surface area contributed by atoms with Crippen molar-refractivity contribution >= 4 is 33.3 Å². The Hall–Kier alpha value is -2.99. The smallest absolute Gasteiger partial charge is 0.232 e. The first-order chi connectivity index (χ1) is 15.0. The zero-order chi connectivity index (χ0) is 21.8. The van der Waals surface area contributed by atoms with Crippen molar-refractivity contribution in [1.82, 2.24) is 14.8 Å². The molecule has 1 N–H and O–H groups in total. The molecule has 4 rings (SSSR count). The minimum atomic E-state index is -0.696. The number of benzene rings is 2. The molecule has 160 valence electrons. The molecule has 2 heterocycles. The van der Waals surface area contributed by atoms with E-state index in [0.717, 1.165) is 41.4 Å². The quantitative estimate of drug-likeness (QED) is 0.366. The molecule has 2 aromatic carbocycles. The molecule has 2 aromatic heterocycles. The molecule has 0 saturated heterocycles. The van der Waals surface area contributed by atoms with Gasteiger partial charge in [-0.15, -0.1) is 11.3 Å². The van der Waals surface area contributed by atoms with Crippen LogP contribution in [0.4, 0.5) is 5.13 Å². The molecule has 0 bridgehead atoms. The van der Waals surface area contributed by atoms with Crippen molar-refractivity contribution < 1.29 is 4.79 Å². The van der Waals surface area contributed by atoms with Crippen LogP contribution in [-0.2, 0) is 11.3 Å². The van der Waals surface area contributed by atoms with Crippen molar-refractivity contribution in [2.45, 2.75) is 46.1 Å². The summed E-state index contributed by atoms with van der Waals surface area (Å²) in [5.74, 6) is -0.160. The highest BCUT2D eigenvalue weighted by molar-refractivity contribution is 7.13. The van der Waals surface area contributed by atoms with Crippen LogP contribution in [0.5, 0.6) is 0 Å². The second-order valence-electron chi connectivity index (χ2n) is 8.40. The number of fused-ring (bicyclic) bond motifs is 1. The van der Waals surface area contributed by atoms with E-state index in [1.165, 1.54) is 11.3 Å². The lowest BCUT2D eigenvalue weighted by molar-refractivity contribution is -0.124. The van der Waals surface area contributed by atoms with E-state index in [1.807, 2.05) is 43.6 Å². The van der Waals surface area contributed by atoms with E-state index in [0.29, 0.717) is 5.13 Å². The second-order valence-corrected chi connectivity index (χ2v) is 9.29. The third kappa shape index (κ3) is 4.39. The lowest BCUT2D eigenvalue weighted by Crippen LogP contribution is -2.37. The molecular weight excluding hydrogens is 404 g/mol. The van der Waals surface area contributed by atoms with Gasteiger partial charge in [0, 0.05) is 29.4 Å². The average Bonchev–Trinajstić information content (AvgIpc) is 3.42. The van der Waals surface area contributed by atoms with Gasteiger partial charge in [0.25, 0.3) is 0 Å². The number of hydrogen-bond donors (Lipinski definition) is 1. The van der Waals surface area contributed by atoms with Crippen molar-refractivity contribution in [2.24, 2.45) is 5.41 Å². The summed E-state index contributed by atoms with van der Waals surface area (Å²) >= 11 is 1.43. The Balaban J connectivity index is 1.74. The van der Waals surface area contributed by atoms with Gasteiger partial charge >= 0.3 is 0 Å². The number of unbranched alkanes of at least 4 members (excludes halogenated alkanes) is 1. The summed E-state index contributed by atoms with van der Waals surface area (Å²) in [4.78, 5) is 17.6. The van der Waals surface area contributed by atoms with Crippen LogP contribution in [0.2, 0.25) is 0 Å². The highest BCUT2D eigenvalue weighted by atomic mass is 32.1. The Bertz CT molecular complexity index is 1150. The van der Waals surface area contributed by atoms with Gasteiger partial charge in [-0.05, 0) is 29.7 Å². The molecule has 1 unspecified atom stereocenters. The SMILES string of the molecule is CCCCn1ncc2cc(C(c3ccccc3)C(C)(C)C(=O)Nc3nccs3)ccc21. The fourth-order valence-corrected chi connectivity index (χ4v) is 4.64. The normalized spacial score (nSPS) is 12.7. The number of thiazole rings is 1. The van der Waals surface area contributed by atoms with E-state index in [1.54, 1.807) is 6.20 Å². The Labute approximate surface area is 187 Å². The molecule has 1 amide bonds. The Morgan fingerprint density at radius 3 is 2.68 bits per heavy atom. The molecule has 0 fully saturated rings. The highest BCUT2D eigenvalue weighted by Gasteiger charge is 2.39. The van der Waals surface area contributed by atoms with E-state index in [-0.39, 0.29) is 11.8 Å². The summed E-state index contributed by atoms with van der Waals surface area (Å²) in [6.07, 6.45) is 5.87. The lowest BCUT2D eigenvalue weighted by Gasteiger charge is -2.34. The largest absolute Gasteiger partial charge is 0.301 e. The summed E-state index contributed by atoms with van der Waals surface area (Å²) in [6, 6.07) is 16.7. The molecule has 0 spiro atoms. The lowest BCUT2D eigenvalue weighted by atomic mass is 9.70. The number of rotatable bonds is 8. The maximum absolute atomic E-state index is 13.3. The summed E-state index contributed by atoms with van der Waals surface area (Å²) in [5.41, 5.74) is 2.65. The first-order valence-electron chi connectivity index (χ1n) is 10.7. The maximum atomic E-state index is 13.3. The molecule has 0 radical (unpaired) electrons. The van der Waals surface area contributed by atoms with Crippen LogP contribution in [0.3, 0.4) is 0 Å². The van der Waals surface area contributed by atoms with Crippen molar-refractivity contribution in [2.75, 3.05) is 5.32 Å². The van der Waals surface area contributed by atoms with Crippen LogP contribution in [0.1, 0.15) is 50.7 Å². The van der Waals surface area contributed by atoms with Gasteiger partial charge in [0.05, 0.1) is 17.1 Å². The van der Waals surface area contributed by atoms with Gasteiger partial charge in [0.15, 0.2) is 5.13 Å². The molecule has 5 nitrogen and oxygen atoms in total. The molecule has 0 aliphatic rings. The predicted molar refractivity (Wildman–Crippen MR) is 127 cm³/mol. The van der Waals surface area contributed by atoms with Crippen LogP contribution in [0, 0.1) is 5.41 Å². The summed E-state index contributed by atoms with van der Waals surface area (Å²) in [6.45, 7) is 7.11. The number of anilines is 1. The molecule has 0 aliphatic heterocycles. The molecule has 0 aliphatic carbocycles. The van der Waals surface area contributed by atoms with E-state index < -0.39 is 5.41 Å². The Kier molecular flexibility index (Phi) is 6.18. The zero-order valence-corrected chi connectivity index (χ0v) is 19.0. The van der Waals surface area contributed by atoms with E-state index >= 15 is 0 Å². The number of carbonyl (C=O) groups excluding carboxylic acids is 1. The van der Waals surface area contributed by atoms with Crippen LogP contribution >= 0.6 is 11.3 Å². The molecule has 1 atom stereocenters. The fourth-order valence-electron chi connectivity index (χ4n) is 4.12. The van der Waals surface area contributed by atoms with Crippen LogP contribution < -0.4 is 5.32 Å². The minimum Gasteiger partial charge on any atom is -0.301 e. The summed E-state index contributed by atoms with van der Waals surface area (Å²) in [5, 5.41) is 11.2. The van der Waals surface area contributed by atoms with Crippen molar-refractivity contribution in [3.63, 3.8) is 0 Å². The van der Waals surface area contributed by atoms with Crippen molar-refractivity contribution in [1.29, 1.82) is 0 Å². The van der Waals surface area contributed by atoms with Gasteiger partial charge in [-0.2, -0.15) is 5.10 Å². The Morgan fingerprint density at radius 2 is 1.97 bits per heavy atom. The number of aromatic nitrogens is 3. The highest BCUT2D eigenvalue weighted by Crippen LogP contribution is 2.42. The fraction of sp³-hybridized carbons (Fsp3) is 0.320. The van der Waals surface area contributed by atoms with Crippen LogP contribution in [0.25, 0.3) is 10.9 Å². The maximum Gasteiger partial charge on any atom is 0.232 e. The number of hydrogen-bond acceptors (Lipinski definition) is 4. The van der Waals surface area contributed by atoms with Gasteiger partial charge < -0.3 is 5.32 Å². The predicted octanol–water partition coefficient (Wildman–Crippen LogP) is 6.09. The standard InChI is InChI=1S/C25H28N4OS/c1-4-5-14-29-21-12-11-19(16-20(21)17-27-29)22(18-9-7-6-8-10-18)25(2,3)23(30)28-24-26-13-15-31-24/h6-13,15-17,22H,4-5,14H2,1-3H3,(H,26,28,30). The first kappa shape index (κ1) is 21.2. The summed E-state index contributed by atoms with van der Waals surface area (Å²) in [7, 11) is 0. The minimum absolute atomic E-state index is 0.0463. The van der Waals surface area contributed by atoms with Gasteiger partial charge in [-0.25, -0.2) is 4.98 Å².